The van der Waals surface area contributed by atoms with Crippen LogP contribution in [0.1, 0.15) is 53.1 Å². The molecule has 1 aliphatic rings. The first-order valence-corrected chi connectivity index (χ1v) is 12.4. The fourth-order valence-corrected chi connectivity index (χ4v) is 6.59. The molecule has 0 saturated carbocycles. The van der Waals surface area contributed by atoms with Crippen LogP contribution in [-0.2, 0) is 14.0 Å². The third-order valence-corrected chi connectivity index (χ3v) is 10.2. The van der Waals surface area contributed by atoms with Crippen LogP contribution >= 0.6 is 11.3 Å². The number of rotatable bonds is 6. The van der Waals surface area contributed by atoms with Crippen LogP contribution in [-0.4, -0.2) is 36.9 Å². The highest BCUT2D eigenvalue weighted by atomic mass is 32.1. The Morgan fingerprint density at radius 2 is 1.84 bits per heavy atom. The van der Waals surface area contributed by atoms with Crippen molar-refractivity contribution in [1.82, 2.24) is 4.90 Å². The Morgan fingerprint density at radius 3 is 2.28 bits per heavy atom. The van der Waals surface area contributed by atoms with Gasteiger partial charge in [-0.1, -0.05) is 20.8 Å². The van der Waals surface area contributed by atoms with E-state index in [4.69, 9.17) is 9.16 Å². The summed E-state index contributed by atoms with van der Waals surface area (Å²) >= 11 is 1.55. The first-order chi connectivity index (χ1) is 11.7. The summed E-state index contributed by atoms with van der Waals surface area (Å²) in [6, 6.07) is 4.46. The molecule has 0 radical (unpaired) electrons. The zero-order valence-corrected chi connectivity index (χ0v) is 17.8. The van der Waals surface area contributed by atoms with Crippen LogP contribution in [0, 0.1) is 0 Å². The Morgan fingerprint density at radius 1 is 1.24 bits per heavy atom. The molecule has 2 atom stereocenters. The number of imide groups is 1. The molecule has 0 aliphatic carbocycles. The van der Waals surface area contributed by atoms with Crippen LogP contribution in [0.25, 0.3) is 0 Å². The van der Waals surface area contributed by atoms with Crippen molar-refractivity contribution in [1.29, 1.82) is 0 Å². The van der Waals surface area contributed by atoms with Crippen LogP contribution in [0.4, 0.5) is 4.79 Å². The Kier molecular flexibility index (Phi) is 6.12. The van der Waals surface area contributed by atoms with E-state index in [0.29, 0.717) is 0 Å². The van der Waals surface area contributed by atoms with Crippen LogP contribution < -0.4 is 0 Å². The maximum absolute atomic E-state index is 12.7. The second-order valence-corrected chi connectivity index (χ2v) is 13.0. The number of nitrogens with zero attached hydrogens (tertiary/aromatic N) is 1. The average molecular weight is 384 g/mol. The average Bonchev–Trinajstić information content (AvgIpc) is 3.05. The number of carbonyl (C=O) groups is 2. The van der Waals surface area contributed by atoms with Gasteiger partial charge in [-0.15, -0.1) is 0 Å². The number of thiophene rings is 1. The molecular weight excluding hydrogens is 354 g/mol. The Hall–Kier alpha value is -1.18. The molecule has 0 N–H and O–H groups in total. The van der Waals surface area contributed by atoms with Crippen molar-refractivity contribution in [3.8, 4) is 0 Å². The topological polar surface area (TPSA) is 55.8 Å². The van der Waals surface area contributed by atoms with Gasteiger partial charge in [-0.05, 0) is 61.3 Å². The van der Waals surface area contributed by atoms with Crippen molar-refractivity contribution in [2.45, 2.75) is 77.4 Å². The maximum Gasteiger partial charge on any atom is 0.417 e. The quantitative estimate of drug-likeness (QED) is 0.515. The fraction of sp³-hybridized carbons (Fsp3) is 0.667. The molecule has 1 fully saturated rings. The van der Waals surface area contributed by atoms with Crippen LogP contribution in [0.2, 0.25) is 18.1 Å². The first-order valence-electron chi connectivity index (χ1n) is 8.94. The SMILES string of the molecule is CC[Si](CC)(CC)OC1C(=O)N(C(=O)OC(C)(C)C)C1c1ccsc1. The zero-order chi connectivity index (χ0) is 18.8. The summed E-state index contributed by atoms with van der Waals surface area (Å²) in [7, 11) is -1.95. The summed E-state index contributed by atoms with van der Waals surface area (Å²) in [5, 5.41) is 3.92. The molecule has 1 aromatic rings. The van der Waals surface area contributed by atoms with Gasteiger partial charge in [0.2, 0.25) is 0 Å². The van der Waals surface area contributed by atoms with Gasteiger partial charge in [0.25, 0.3) is 5.91 Å². The van der Waals surface area contributed by atoms with Gasteiger partial charge in [-0.25, -0.2) is 9.69 Å². The molecule has 2 unspecified atom stereocenters. The number of carbonyl (C=O) groups excluding carboxylic acids is 2. The van der Waals surface area contributed by atoms with Crippen molar-refractivity contribution in [2.24, 2.45) is 0 Å². The van der Waals surface area contributed by atoms with Gasteiger partial charge in [0.05, 0.1) is 0 Å². The number of likely N-dealkylation sites (tertiary alicyclic amines) is 1. The number of amides is 2. The lowest BCUT2D eigenvalue weighted by Crippen LogP contribution is -2.65. The molecule has 140 valence electrons. The lowest BCUT2D eigenvalue weighted by atomic mass is 9.93. The molecule has 2 heterocycles. The summed E-state index contributed by atoms with van der Waals surface area (Å²) in [6.45, 7) is 11.8. The third-order valence-electron chi connectivity index (χ3n) is 4.83. The minimum absolute atomic E-state index is 0.280. The molecule has 1 aromatic heterocycles. The van der Waals surface area contributed by atoms with Crippen LogP contribution in [0.15, 0.2) is 16.8 Å². The van der Waals surface area contributed by atoms with E-state index >= 15 is 0 Å². The number of ether oxygens (including phenoxy) is 1. The van der Waals surface area contributed by atoms with E-state index < -0.39 is 26.1 Å². The summed E-state index contributed by atoms with van der Waals surface area (Å²) in [6.07, 6.45) is -1.17. The molecule has 5 nitrogen and oxygen atoms in total. The van der Waals surface area contributed by atoms with Crippen LogP contribution in [0.5, 0.6) is 0 Å². The van der Waals surface area contributed by atoms with E-state index in [1.54, 1.807) is 32.1 Å². The highest BCUT2D eigenvalue weighted by Crippen LogP contribution is 2.41. The van der Waals surface area contributed by atoms with Gasteiger partial charge in [-0.3, -0.25) is 4.79 Å². The molecule has 1 aliphatic heterocycles. The van der Waals surface area contributed by atoms with Gasteiger partial charge in [0, 0.05) is 0 Å². The molecular formula is C18H29NO4SSi. The van der Waals surface area contributed by atoms with Crippen molar-refractivity contribution >= 4 is 31.7 Å². The Balaban J connectivity index is 2.27. The predicted octanol–water partition coefficient (Wildman–Crippen LogP) is 4.96. The van der Waals surface area contributed by atoms with E-state index in [2.05, 4.69) is 20.8 Å². The zero-order valence-electron chi connectivity index (χ0n) is 16.0. The van der Waals surface area contributed by atoms with E-state index in [9.17, 15) is 9.59 Å². The van der Waals surface area contributed by atoms with Crippen molar-refractivity contribution in [3.63, 3.8) is 0 Å². The highest BCUT2D eigenvalue weighted by molar-refractivity contribution is 7.08. The predicted molar refractivity (Wildman–Crippen MR) is 102 cm³/mol. The lowest BCUT2D eigenvalue weighted by molar-refractivity contribution is -0.162. The number of β-lactam (4-membered cyclic amide) rings is 1. The summed E-state index contributed by atoms with van der Waals surface area (Å²) < 4.78 is 11.8. The van der Waals surface area contributed by atoms with Gasteiger partial charge in [-0.2, -0.15) is 11.3 Å². The summed E-state index contributed by atoms with van der Waals surface area (Å²) in [5.41, 5.74) is 0.295. The number of hydrogen-bond acceptors (Lipinski definition) is 5. The van der Waals surface area contributed by atoms with E-state index in [0.717, 1.165) is 23.7 Å². The summed E-state index contributed by atoms with van der Waals surface area (Å²) in [5.74, 6) is -0.280. The molecule has 0 aromatic carbocycles. The molecule has 25 heavy (non-hydrogen) atoms. The minimum atomic E-state index is -1.95. The monoisotopic (exact) mass is 383 g/mol. The molecule has 0 bridgehead atoms. The molecule has 2 amide bonds. The fourth-order valence-electron chi connectivity index (χ4n) is 3.13. The Bertz CT molecular complexity index is 599. The van der Waals surface area contributed by atoms with Gasteiger partial charge >= 0.3 is 6.09 Å². The molecule has 2 rings (SSSR count). The second kappa shape index (κ2) is 7.59. The van der Waals surface area contributed by atoms with Crippen LogP contribution in [0.3, 0.4) is 0 Å². The largest absolute Gasteiger partial charge is 0.443 e. The normalized spacial score (nSPS) is 21.2. The van der Waals surface area contributed by atoms with Crippen molar-refractivity contribution in [2.75, 3.05) is 0 Å². The molecule has 1 saturated heterocycles. The maximum atomic E-state index is 12.7. The van der Waals surface area contributed by atoms with Crippen molar-refractivity contribution in [3.05, 3.63) is 22.4 Å². The van der Waals surface area contributed by atoms with E-state index in [-0.39, 0.29) is 11.9 Å². The minimum Gasteiger partial charge on any atom is -0.443 e. The molecule has 0 spiro atoms. The third kappa shape index (κ3) is 4.15. The first kappa shape index (κ1) is 20.1. The smallest absolute Gasteiger partial charge is 0.417 e. The van der Waals surface area contributed by atoms with Crippen molar-refractivity contribution < 1.29 is 18.8 Å². The standard InChI is InChI=1S/C18H29NO4SSi/c1-7-25(8-2,9-3)23-15-14(13-10-11-24-12-13)19(16(15)20)17(21)22-18(4,5)6/h10-12,14-15H,7-9H2,1-6H3. The van der Waals surface area contributed by atoms with Gasteiger partial charge in [0.15, 0.2) is 14.4 Å². The lowest BCUT2D eigenvalue weighted by Gasteiger charge is -2.48. The van der Waals surface area contributed by atoms with Gasteiger partial charge in [0.1, 0.15) is 11.6 Å². The highest BCUT2D eigenvalue weighted by Gasteiger charge is 2.56. The van der Waals surface area contributed by atoms with E-state index in [1.807, 2.05) is 16.8 Å². The second-order valence-electron chi connectivity index (χ2n) is 7.47. The molecule has 7 heteroatoms. The number of hydrogen-bond donors (Lipinski definition) is 0. The summed E-state index contributed by atoms with van der Waals surface area (Å²) in [4.78, 5) is 26.5. The van der Waals surface area contributed by atoms with E-state index in [1.165, 1.54) is 4.90 Å². The Labute approximate surface area is 155 Å². The van der Waals surface area contributed by atoms with Gasteiger partial charge < -0.3 is 9.16 Å².